The van der Waals surface area contributed by atoms with Gasteiger partial charge in [0.25, 0.3) is 11.6 Å². The standard InChI is InChI=1S/C18H18N2O4/c1-19(17(18(21)22)15-9-3-2-4-10-15)13-7-11-14-8-5-6-12-16(14)20(23)24/h2-12,21-22H,13H2,1H3/b11-7+. The molecule has 0 aliphatic heterocycles. The molecule has 0 aliphatic carbocycles. The molecular formula is C18H18N2O4. The average Bonchev–Trinajstić information content (AvgIpc) is 2.56. The van der Waals surface area contributed by atoms with Crippen LogP contribution in [0.2, 0.25) is 0 Å². The number of nitrogens with zero attached hydrogens (tertiary/aromatic N) is 2. The fourth-order valence-corrected chi connectivity index (χ4v) is 2.34. The Balaban J connectivity index is 2.16. The summed E-state index contributed by atoms with van der Waals surface area (Å²) >= 11 is 0. The van der Waals surface area contributed by atoms with Gasteiger partial charge in [0, 0.05) is 25.2 Å². The molecule has 24 heavy (non-hydrogen) atoms. The Kier molecular flexibility index (Phi) is 5.57. The van der Waals surface area contributed by atoms with Crippen molar-refractivity contribution >= 4 is 17.5 Å². The van der Waals surface area contributed by atoms with Crippen molar-refractivity contribution in [3.05, 3.63) is 87.9 Å². The van der Waals surface area contributed by atoms with Gasteiger partial charge in [0.05, 0.1) is 10.5 Å². The maximum absolute atomic E-state index is 11.0. The average molecular weight is 326 g/mol. The molecule has 0 atom stereocenters. The number of nitro groups is 1. The van der Waals surface area contributed by atoms with Gasteiger partial charge in [0.1, 0.15) is 5.70 Å². The van der Waals surface area contributed by atoms with E-state index in [0.717, 1.165) is 0 Å². The molecular weight excluding hydrogens is 308 g/mol. The largest absolute Gasteiger partial charge is 0.480 e. The number of benzene rings is 2. The van der Waals surface area contributed by atoms with E-state index in [9.17, 15) is 20.3 Å². The molecule has 0 unspecified atom stereocenters. The number of likely N-dealkylation sites (N-methyl/N-ethyl adjacent to an activating group) is 1. The van der Waals surface area contributed by atoms with Crippen LogP contribution in [0.4, 0.5) is 5.69 Å². The Labute approximate surface area is 139 Å². The van der Waals surface area contributed by atoms with Gasteiger partial charge in [-0.15, -0.1) is 0 Å². The zero-order chi connectivity index (χ0) is 17.5. The van der Waals surface area contributed by atoms with Crippen LogP contribution in [0, 0.1) is 10.1 Å². The van der Waals surface area contributed by atoms with Crippen LogP contribution in [0.3, 0.4) is 0 Å². The van der Waals surface area contributed by atoms with E-state index < -0.39 is 10.9 Å². The van der Waals surface area contributed by atoms with E-state index >= 15 is 0 Å². The van der Waals surface area contributed by atoms with Gasteiger partial charge < -0.3 is 15.1 Å². The summed E-state index contributed by atoms with van der Waals surface area (Å²) in [5, 5.41) is 30.1. The maximum atomic E-state index is 11.0. The molecule has 0 saturated heterocycles. The number of aliphatic hydroxyl groups is 2. The lowest BCUT2D eigenvalue weighted by atomic mass is 10.1. The van der Waals surface area contributed by atoms with E-state index in [2.05, 4.69) is 0 Å². The highest BCUT2D eigenvalue weighted by atomic mass is 16.6. The summed E-state index contributed by atoms with van der Waals surface area (Å²) in [4.78, 5) is 12.2. The Morgan fingerprint density at radius 1 is 1.12 bits per heavy atom. The summed E-state index contributed by atoms with van der Waals surface area (Å²) in [5.41, 5.74) is 1.47. The van der Waals surface area contributed by atoms with Crippen molar-refractivity contribution in [2.75, 3.05) is 13.6 Å². The van der Waals surface area contributed by atoms with Gasteiger partial charge in [-0.3, -0.25) is 10.1 Å². The predicted octanol–water partition coefficient (Wildman–Crippen LogP) is 3.98. The fraction of sp³-hybridized carbons (Fsp3) is 0.111. The van der Waals surface area contributed by atoms with Crippen molar-refractivity contribution in [2.24, 2.45) is 0 Å². The van der Waals surface area contributed by atoms with Crippen molar-refractivity contribution in [2.45, 2.75) is 0 Å². The SMILES string of the molecule is CN(C/C=C/c1ccccc1[N+](=O)[O-])C(=C(O)O)c1ccccc1. The second kappa shape index (κ2) is 7.82. The molecule has 0 aliphatic rings. The molecule has 0 bridgehead atoms. The van der Waals surface area contributed by atoms with Crippen LogP contribution in [0.5, 0.6) is 0 Å². The van der Waals surface area contributed by atoms with Gasteiger partial charge >= 0.3 is 0 Å². The highest BCUT2D eigenvalue weighted by molar-refractivity contribution is 5.65. The second-order valence-electron chi connectivity index (χ2n) is 5.14. The normalized spacial score (nSPS) is 10.5. The van der Waals surface area contributed by atoms with Gasteiger partial charge in [-0.2, -0.15) is 0 Å². The van der Waals surface area contributed by atoms with Crippen molar-refractivity contribution in [1.29, 1.82) is 0 Å². The van der Waals surface area contributed by atoms with Gasteiger partial charge in [0.2, 0.25) is 0 Å². The summed E-state index contributed by atoms with van der Waals surface area (Å²) in [6.07, 6.45) is 3.37. The molecule has 0 heterocycles. The highest BCUT2D eigenvalue weighted by Crippen LogP contribution is 2.21. The summed E-state index contributed by atoms with van der Waals surface area (Å²) in [6.45, 7) is 0.348. The lowest BCUT2D eigenvalue weighted by molar-refractivity contribution is -0.385. The van der Waals surface area contributed by atoms with Gasteiger partial charge in [-0.1, -0.05) is 54.6 Å². The molecule has 2 N–H and O–H groups in total. The third kappa shape index (κ3) is 4.13. The van der Waals surface area contributed by atoms with Crippen LogP contribution >= 0.6 is 0 Å². The number of para-hydroxylation sites is 1. The fourth-order valence-electron chi connectivity index (χ4n) is 2.34. The van der Waals surface area contributed by atoms with Crippen LogP contribution < -0.4 is 0 Å². The van der Waals surface area contributed by atoms with Gasteiger partial charge in [-0.25, -0.2) is 0 Å². The Hall–Kier alpha value is -3.28. The molecule has 2 aromatic carbocycles. The molecule has 0 spiro atoms. The number of hydrogen-bond acceptors (Lipinski definition) is 5. The van der Waals surface area contributed by atoms with Crippen LogP contribution in [0.1, 0.15) is 11.1 Å². The summed E-state index contributed by atoms with van der Waals surface area (Å²) < 4.78 is 0. The molecule has 0 amide bonds. The lowest BCUT2D eigenvalue weighted by Crippen LogP contribution is -2.18. The third-order valence-electron chi connectivity index (χ3n) is 3.45. The minimum Gasteiger partial charge on any atom is -0.480 e. The Morgan fingerprint density at radius 3 is 2.38 bits per heavy atom. The quantitative estimate of drug-likeness (QED) is 0.476. The summed E-state index contributed by atoms with van der Waals surface area (Å²) in [7, 11) is 1.71. The molecule has 0 fully saturated rings. The molecule has 2 rings (SSSR count). The minimum atomic E-state index is -0.775. The smallest absolute Gasteiger partial charge is 0.299 e. The maximum Gasteiger partial charge on any atom is 0.299 e. The van der Waals surface area contributed by atoms with E-state index in [0.29, 0.717) is 17.7 Å². The predicted molar refractivity (Wildman–Crippen MR) is 93.4 cm³/mol. The zero-order valence-electron chi connectivity index (χ0n) is 13.2. The van der Waals surface area contributed by atoms with Crippen LogP contribution in [-0.4, -0.2) is 33.6 Å². The summed E-state index contributed by atoms with van der Waals surface area (Å²) in [6, 6.07) is 15.4. The van der Waals surface area contributed by atoms with Crippen molar-refractivity contribution in [1.82, 2.24) is 4.90 Å². The molecule has 0 aromatic heterocycles. The number of hydrogen-bond donors (Lipinski definition) is 2. The van der Waals surface area contributed by atoms with Crippen molar-refractivity contribution < 1.29 is 15.1 Å². The molecule has 124 valence electrons. The van der Waals surface area contributed by atoms with Gasteiger partial charge in [-0.05, 0) is 6.07 Å². The first-order valence-electron chi connectivity index (χ1n) is 7.29. The Bertz CT molecular complexity index is 766. The molecule has 0 saturated carbocycles. The van der Waals surface area contributed by atoms with Crippen LogP contribution in [-0.2, 0) is 0 Å². The molecule has 2 aromatic rings. The topological polar surface area (TPSA) is 86.8 Å². The van der Waals surface area contributed by atoms with E-state index in [1.807, 2.05) is 6.07 Å². The van der Waals surface area contributed by atoms with E-state index in [4.69, 9.17) is 0 Å². The first-order chi connectivity index (χ1) is 11.5. The zero-order valence-corrected chi connectivity index (χ0v) is 13.2. The number of rotatable bonds is 6. The monoisotopic (exact) mass is 326 g/mol. The van der Waals surface area contributed by atoms with Crippen molar-refractivity contribution in [3.8, 4) is 0 Å². The van der Waals surface area contributed by atoms with E-state index in [1.165, 1.54) is 6.07 Å². The van der Waals surface area contributed by atoms with Gasteiger partial charge in [0.15, 0.2) is 0 Å². The first kappa shape index (κ1) is 17.1. The highest BCUT2D eigenvalue weighted by Gasteiger charge is 2.13. The molecule has 0 radical (unpaired) electrons. The number of aliphatic hydroxyl groups excluding tert-OH is 1. The van der Waals surface area contributed by atoms with E-state index in [1.54, 1.807) is 66.6 Å². The third-order valence-corrected chi connectivity index (χ3v) is 3.45. The summed E-state index contributed by atoms with van der Waals surface area (Å²) in [5.74, 6) is -0.775. The van der Waals surface area contributed by atoms with Crippen molar-refractivity contribution in [3.63, 3.8) is 0 Å². The second-order valence-corrected chi connectivity index (χ2v) is 5.14. The molecule has 6 nitrogen and oxygen atoms in total. The first-order valence-corrected chi connectivity index (χ1v) is 7.29. The van der Waals surface area contributed by atoms with E-state index in [-0.39, 0.29) is 11.4 Å². The minimum absolute atomic E-state index is 0.0280. The number of nitro benzene ring substituents is 1. The van der Waals surface area contributed by atoms with Crippen LogP contribution in [0.25, 0.3) is 11.8 Å². The lowest BCUT2D eigenvalue weighted by Gasteiger charge is -2.20. The van der Waals surface area contributed by atoms with Crippen LogP contribution in [0.15, 0.2) is 66.6 Å². The molecule has 6 heteroatoms. The Morgan fingerprint density at radius 2 is 1.75 bits per heavy atom.